The predicted molar refractivity (Wildman–Crippen MR) is 116 cm³/mol. The van der Waals surface area contributed by atoms with Gasteiger partial charge in [-0.25, -0.2) is 4.39 Å². The molecule has 1 aliphatic rings. The highest BCUT2D eigenvalue weighted by Crippen LogP contribution is 2.34. The Morgan fingerprint density at radius 2 is 1.76 bits per heavy atom. The number of fused-ring (bicyclic) bond motifs is 2. The zero-order valence-corrected chi connectivity index (χ0v) is 17.0. The third-order valence-corrected chi connectivity index (χ3v) is 4.78. The topological polar surface area (TPSA) is 96.2 Å². The summed E-state index contributed by atoms with van der Waals surface area (Å²) in [5, 5.41) is 2.98. The summed E-state index contributed by atoms with van der Waals surface area (Å²) in [6.45, 7) is -0.107. The van der Waals surface area contributed by atoms with Crippen molar-refractivity contribution in [1.29, 1.82) is 0 Å². The lowest BCUT2D eigenvalue weighted by Gasteiger charge is -2.09. The van der Waals surface area contributed by atoms with Gasteiger partial charge in [0.15, 0.2) is 18.1 Å². The Bertz CT molecular complexity index is 1400. The monoisotopic (exact) mass is 449 g/mol. The van der Waals surface area contributed by atoms with Gasteiger partial charge in [-0.05, 0) is 48.5 Å². The molecule has 1 aromatic heterocycles. The van der Waals surface area contributed by atoms with Crippen molar-refractivity contribution in [2.24, 2.45) is 0 Å². The molecule has 1 amide bonds. The number of rotatable bonds is 6. The van der Waals surface area contributed by atoms with Crippen LogP contribution in [0, 0.1) is 5.82 Å². The maximum absolute atomic E-state index is 13.0. The Balaban J connectivity index is 1.25. The van der Waals surface area contributed by atoms with Crippen molar-refractivity contribution in [2.75, 3.05) is 18.7 Å². The molecule has 0 atom stereocenters. The predicted octanol–water partition coefficient (Wildman–Crippen LogP) is 4.47. The Hall–Kier alpha value is -4.53. The van der Waals surface area contributed by atoms with Crippen molar-refractivity contribution < 1.29 is 32.5 Å². The van der Waals surface area contributed by atoms with Gasteiger partial charge in [-0.15, -0.1) is 0 Å². The number of ether oxygens (including phenoxy) is 4. The molecule has 166 valence electrons. The van der Waals surface area contributed by atoms with Crippen LogP contribution < -0.4 is 29.7 Å². The molecule has 0 fully saturated rings. The minimum atomic E-state index is -0.412. The van der Waals surface area contributed by atoms with Crippen LogP contribution in [-0.2, 0) is 4.79 Å². The molecule has 9 heteroatoms. The van der Waals surface area contributed by atoms with E-state index in [-0.39, 0.29) is 36.0 Å². The van der Waals surface area contributed by atoms with E-state index in [2.05, 4.69) is 5.32 Å². The Morgan fingerprint density at radius 3 is 2.61 bits per heavy atom. The van der Waals surface area contributed by atoms with Crippen molar-refractivity contribution in [3.8, 4) is 28.7 Å². The number of benzene rings is 3. The minimum Gasteiger partial charge on any atom is -0.484 e. The van der Waals surface area contributed by atoms with Crippen molar-refractivity contribution >= 4 is 22.6 Å². The molecule has 0 spiro atoms. The molecule has 5 rings (SSSR count). The molecular weight excluding hydrogens is 433 g/mol. The second-order valence-corrected chi connectivity index (χ2v) is 7.05. The van der Waals surface area contributed by atoms with Gasteiger partial charge in [-0.3, -0.25) is 9.59 Å². The molecular formula is C24H16FNO7. The van der Waals surface area contributed by atoms with Crippen molar-refractivity contribution in [3.63, 3.8) is 0 Å². The van der Waals surface area contributed by atoms with E-state index < -0.39 is 11.2 Å². The zero-order chi connectivity index (χ0) is 22.8. The van der Waals surface area contributed by atoms with Crippen LogP contribution in [0.2, 0.25) is 0 Å². The highest BCUT2D eigenvalue weighted by atomic mass is 19.1. The standard InChI is InChI=1S/C24H16FNO7/c25-14-1-4-16(5-2-14)33-22-11-30-20-10-17(6-7-18(20)24(22)28)29-12-23(27)26-15-3-8-19-21(9-15)32-13-31-19/h1-11H,12-13H2,(H,26,27). The van der Waals surface area contributed by atoms with Crippen LogP contribution in [0.1, 0.15) is 0 Å². The van der Waals surface area contributed by atoms with Crippen LogP contribution in [0.3, 0.4) is 0 Å². The summed E-state index contributed by atoms with van der Waals surface area (Å²) in [7, 11) is 0. The number of hydrogen-bond acceptors (Lipinski definition) is 7. The van der Waals surface area contributed by atoms with E-state index in [1.807, 2.05) is 0 Å². The molecule has 0 unspecified atom stereocenters. The first-order valence-corrected chi connectivity index (χ1v) is 9.86. The normalized spacial score (nSPS) is 11.9. The van der Waals surface area contributed by atoms with Crippen LogP contribution in [0.5, 0.6) is 28.7 Å². The number of hydrogen-bond donors (Lipinski definition) is 1. The molecule has 2 heterocycles. The maximum Gasteiger partial charge on any atom is 0.262 e. The first-order valence-electron chi connectivity index (χ1n) is 9.86. The van der Waals surface area contributed by atoms with Crippen molar-refractivity contribution in [2.45, 2.75) is 0 Å². The molecule has 1 N–H and O–H groups in total. The number of carbonyl (C=O) groups excluding carboxylic acids is 1. The third kappa shape index (κ3) is 4.42. The zero-order valence-electron chi connectivity index (χ0n) is 17.0. The van der Waals surface area contributed by atoms with Crippen LogP contribution in [0.25, 0.3) is 11.0 Å². The Labute approximate surface area is 186 Å². The Morgan fingerprint density at radius 1 is 0.970 bits per heavy atom. The van der Waals surface area contributed by atoms with Crippen molar-refractivity contribution in [3.05, 3.63) is 83.0 Å². The number of amides is 1. The first kappa shape index (κ1) is 20.4. The highest BCUT2D eigenvalue weighted by Gasteiger charge is 2.15. The summed E-state index contributed by atoms with van der Waals surface area (Å²) in [6, 6.07) is 14.9. The van der Waals surface area contributed by atoms with E-state index in [4.69, 9.17) is 23.4 Å². The SMILES string of the molecule is O=C(COc1ccc2c(=O)c(Oc3ccc(F)cc3)coc2c1)Nc1ccc2c(c1)OCO2. The van der Waals surface area contributed by atoms with Crippen LogP contribution >= 0.6 is 0 Å². The molecule has 3 aromatic carbocycles. The first-order chi connectivity index (χ1) is 16.0. The van der Waals surface area contributed by atoms with E-state index in [9.17, 15) is 14.0 Å². The summed E-state index contributed by atoms with van der Waals surface area (Å²) in [6.07, 6.45) is 1.17. The average Bonchev–Trinajstić information content (AvgIpc) is 3.29. The highest BCUT2D eigenvalue weighted by molar-refractivity contribution is 5.92. The molecule has 0 bridgehead atoms. The van der Waals surface area contributed by atoms with Gasteiger partial charge in [0.05, 0.1) is 5.39 Å². The average molecular weight is 449 g/mol. The Kier molecular flexibility index (Phi) is 5.27. The minimum absolute atomic E-state index is 0.0362. The van der Waals surface area contributed by atoms with Crippen LogP contribution in [-0.4, -0.2) is 19.3 Å². The fraction of sp³-hybridized carbons (Fsp3) is 0.0833. The molecule has 0 radical (unpaired) electrons. The lowest BCUT2D eigenvalue weighted by atomic mass is 10.2. The summed E-state index contributed by atoms with van der Waals surface area (Å²) in [5.74, 6) is 0.999. The lowest BCUT2D eigenvalue weighted by Crippen LogP contribution is -2.20. The molecule has 33 heavy (non-hydrogen) atoms. The molecule has 1 aliphatic heterocycles. The van der Waals surface area contributed by atoms with Gasteiger partial charge in [0, 0.05) is 17.8 Å². The molecule has 0 aliphatic carbocycles. The summed E-state index contributed by atoms with van der Waals surface area (Å²) < 4.78 is 40.1. The van der Waals surface area contributed by atoms with E-state index in [1.165, 1.54) is 42.7 Å². The summed E-state index contributed by atoms with van der Waals surface area (Å²) in [4.78, 5) is 24.9. The molecule has 8 nitrogen and oxygen atoms in total. The van der Waals surface area contributed by atoms with Crippen molar-refractivity contribution in [1.82, 2.24) is 0 Å². The quantitative estimate of drug-likeness (QED) is 0.464. The lowest BCUT2D eigenvalue weighted by molar-refractivity contribution is -0.118. The van der Waals surface area contributed by atoms with Gasteiger partial charge in [0.2, 0.25) is 18.0 Å². The maximum atomic E-state index is 13.0. The van der Waals surface area contributed by atoms with Gasteiger partial charge >= 0.3 is 0 Å². The third-order valence-electron chi connectivity index (χ3n) is 4.78. The second-order valence-electron chi connectivity index (χ2n) is 7.05. The molecule has 0 saturated carbocycles. The number of nitrogens with one attached hydrogen (secondary N) is 1. The number of anilines is 1. The summed E-state index contributed by atoms with van der Waals surface area (Å²) in [5.41, 5.74) is 0.416. The number of carbonyl (C=O) groups is 1. The molecule has 0 saturated heterocycles. The van der Waals surface area contributed by atoms with E-state index in [1.54, 1.807) is 24.3 Å². The fourth-order valence-electron chi connectivity index (χ4n) is 3.20. The molecule has 4 aromatic rings. The van der Waals surface area contributed by atoms with Gasteiger partial charge in [-0.1, -0.05) is 0 Å². The van der Waals surface area contributed by atoms with Gasteiger partial charge in [0.1, 0.15) is 29.2 Å². The van der Waals surface area contributed by atoms with Crippen LogP contribution in [0.15, 0.2) is 76.1 Å². The van der Waals surface area contributed by atoms with E-state index in [0.29, 0.717) is 28.7 Å². The van der Waals surface area contributed by atoms with E-state index >= 15 is 0 Å². The van der Waals surface area contributed by atoms with Gasteiger partial charge < -0.3 is 28.7 Å². The summed E-state index contributed by atoms with van der Waals surface area (Å²) >= 11 is 0. The van der Waals surface area contributed by atoms with Gasteiger partial charge in [-0.2, -0.15) is 0 Å². The van der Waals surface area contributed by atoms with Crippen LogP contribution in [0.4, 0.5) is 10.1 Å². The van der Waals surface area contributed by atoms with Gasteiger partial charge in [0.25, 0.3) is 5.91 Å². The largest absolute Gasteiger partial charge is 0.484 e. The van der Waals surface area contributed by atoms with E-state index in [0.717, 1.165) is 0 Å². The number of halogens is 1. The second kappa shape index (κ2) is 8.54. The smallest absolute Gasteiger partial charge is 0.262 e. The fourth-order valence-corrected chi connectivity index (χ4v) is 3.20.